The number of hydrogen-bond acceptors (Lipinski definition) is 3. The monoisotopic (exact) mass is 343 g/mol. The third kappa shape index (κ3) is 4.14. The lowest BCUT2D eigenvalue weighted by molar-refractivity contribution is 0.103. The fourth-order valence-electron chi connectivity index (χ4n) is 2.39. The van der Waals surface area contributed by atoms with Crippen LogP contribution in [0.4, 0.5) is 16.2 Å². The van der Waals surface area contributed by atoms with Crippen LogP contribution in [0, 0.1) is 6.92 Å². The first-order valence-corrected chi connectivity index (χ1v) is 8.95. The number of rotatable bonds is 5. The first-order chi connectivity index (χ1) is 11.5. The van der Waals surface area contributed by atoms with Crippen molar-refractivity contribution in [3.8, 4) is 0 Å². The van der Waals surface area contributed by atoms with Crippen LogP contribution < -0.4 is 16.0 Å². The molecule has 3 N–H and O–H groups in total. The van der Waals surface area contributed by atoms with E-state index in [4.69, 9.17) is 0 Å². The van der Waals surface area contributed by atoms with Crippen molar-refractivity contribution >= 4 is 34.6 Å². The lowest BCUT2D eigenvalue weighted by Gasteiger charge is -2.08. The van der Waals surface area contributed by atoms with Gasteiger partial charge in [-0.25, -0.2) is 4.79 Å². The van der Waals surface area contributed by atoms with Gasteiger partial charge in [-0.3, -0.25) is 4.79 Å². The summed E-state index contributed by atoms with van der Waals surface area (Å²) in [5.74, 6) is -0.102. The number of hydrogen-bond donors (Lipinski definition) is 3. The summed E-state index contributed by atoms with van der Waals surface area (Å²) in [6.07, 6.45) is 3.05. The molecule has 2 aromatic rings. The molecule has 0 unspecified atom stereocenters. The second kappa shape index (κ2) is 7.05. The van der Waals surface area contributed by atoms with E-state index in [0.717, 1.165) is 29.7 Å². The summed E-state index contributed by atoms with van der Waals surface area (Å²) in [5.41, 5.74) is 2.57. The van der Waals surface area contributed by atoms with E-state index in [1.807, 2.05) is 13.0 Å². The minimum absolute atomic E-state index is 0.102. The molecule has 3 rings (SSSR count). The Morgan fingerprint density at radius 1 is 1.12 bits per heavy atom. The smallest absolute Gasteiger partial charge is 0.319 e. The first-order valence-electron chi connectivity index (χ1n) is 8.13. The van der Waals surface area contributed by atoms with E-state index in [-0.39, 0.29) is 11.9 Å². The van der Waals surface area contributed by atoms with Gasteiger partial charge in [0.1, 0.15) is 0 Å². The average molecular weight is 343 g/mol. The van der Waals surface area contributed by atoms with Crippen molar-refractivity contribution in [3.63, 3.8) is 0 Å². The SMILES string of the molecule is CCc1sc(C(=O)Nc2ccc(NC(=O)NC3CC3)cc2)cc1C. The number of benzene rings is 1. The Morgan fingerprint density at radius 3 is 2.29 bits per heavy atom. The number of aryl methyl sites for hydroxylation is 2. The normalized spacial score (nSPS) is 13.4. The summed E-state index contributed by atoms with van der Waals surface area (Å²) in [6, 6.07) is 9.19. The summed E-state index contributed by atoms with van der Waals surface area (Å²) < 4.78 is 0. The van der Waals surface area contributed by atoms with Crippen LogP contribution in [0.1, 0.15) is 39.9 Å². The summed E-state index contributed by atoms with van der Waals surface area (Å²) in [4.78, 5) is 25.9. The Kier molecular flexibility index (Phi) is 4.85. The summed E-state index contributed by atoms with van der Waals surface area (Å²) in [7, 11) is 0. The van der Waals surface area contributed by atoms with Crippen LogP contribution >= 0.6 is 11.3 Å². The number of amides is 3. The standard InChI is InChI=1S/C18H21N3O2S/c1-3-15-11(2)10-16(24-15)17(22)19-12-4-6-13(7-5-12)20-18(23)21-14-8-9-14/h4-7,10,14H,3,8-9H2,1-2H3,(H,19,22)(H2,20,21,23). The van der Waals surface area contributed by atoms with Crippen LogP contribution in [-0.2, 0) is 6.42 Å². The molecule has 0 atom stereocenters. The van der Waals surface area contributed by atoms with Crippen molar-refractivity contribution in [2.24, 2.45) is 0 Å². The van der Waals surface area contributed by atoms with Crippen molar-refractivity contribution in [3.05, 3.63) is 45.6 Å². The molecular weight excluding hydrogens is 322 g/mol. The molecule has 1 saturated carbocycles. The Bertz CT molecular complexity index is 748. The largest absolute Gasteiger partial charge is 0.335 e. The van der Waals surface area contributed by atoms with Gasteiger partial charge >= 0.3 is 6.03 Å². The van der Waals surface area contributed by atoms with E-state index in [1.165, 1.54) is 16.2 Å². The highest BCUT2D eigenvalue weighted by Gasteiger charge is 2.23. The molecule has 126 valence electrons. The zero-order chi connectivity index (χ0) is 17.1. The molecule has 0 radical (unpaired) electrons. The summed E-state index contributed by atoms with van der Waals surface area (Å²) in [6.45, 7) is 4.12. The second-order valence-electron chi connectivity index (χ2n) is 5.97. The Labute approximate surface area is 145 Å². The van der Waals surface area contributed by atoms with Gasteiger partial charge in [0.05, 0.1) is 4.88 Å². The van der Waals surface area contributed by atoms with E-state index >= 15 is 0 Å². The fraction of sp³-hybridized carbons (Fsp3) is 0.333. The Morgan fingerprint density at radius 2 is 1.75 bits per heavy atom. The number of carbonyl (C=O) groups is 2. The molecule has 1 fully saturated rings. The number of anilines is 2. The molecule has 1 aromatic carbocycles. The van der Waals surface area contributed by atoms with Crippen LogP contribution in [0.3, 0.4) is 0 Å². The third-order valence-electron chi connectivity index (χ3n) is 3.88. The predicted octanol–water partition coefficient (Wildman–Crippen LogP) is 4.16. The van der Waals surface area contributed by atoms with Crippen molar-refractivity contribution in [1.82, 2.24) is 5.32 Å². The van der Waals surface area contributed by atoms with E-state index in [9.17, 15) is 9.59 Å². The molecule has 6 heteroatoms. The van der Waals surface area contributed by atoms with Gasteiger partial charge in [0, 0.05) is 22.3 Å². The zero-order valence-corrected chi connectivity index (χ0v) is 14.6. The second-order valence-corrected chi connectivity index (χ2v) is 7.11. The van der Waals surface area contributed by atoms with Crippen LogP contribution in [0.25, 0.3) is 0 Å². The highest BCUT2D eigenvalue weighted by atomic mass is 32.1. The van der Waals surface area contributed by atoms with Crippen molar-refractivity contribution < 1.29 is 9.59 Å². The fourth-order valence-corrected chi connectivity index (χ4v) is 3.40. The summed E-state index contributed by atoms with van der Waals surface area (Å²) >= 11 is 1.53. The number of urea groups is 1. The zero-order valence-electron chi connectivity index (χ0n) is 13.8. The van der Waals surface area contributed by atoms with Crippen molar-refractivity contribution in [1.29, 1.82) is 0 Å². The van der Waals surface area contributed by atoms with E-state index in [0.29, 0.717) is 17.4 Å². The van der Waals surface area contributed by atoms with Crippen LogP contribution in [0.15, 0.2) is 30.3 Å². The highest BCUT2D eigenvalue weighted by molar-refractivity contribution is 7.14. The molecule has 5 nitrogen and oxygen atoms in total. The number of nitrogens with one attached hydrogen (secondary N) is 3. The van der Waals surface area contributed by atoms with E-state index < -0.39 is 0 Å². The van der Waals surface area contributed by atoms with Crippen LogP contribution in [0.2, 0.25) is 0 Å². The van der Waals surface area contributed by atoms with E-state index in [1.54, 1.807) is 24.3 Å². The van der Waals surface area contributed by atoms with Gasteiger partial charge in [0.2, 0.25) is 0 Å². The minimum atomic E-state index is -0.185. The molecule has 1 aliphatic rings. The van der Waals surface area contributed by atoms with Gasteiger partial charge in [-0.15, -0.1) is 11.3 Å². The Balaban J connectivity index is 1.58. The van der Waals surface area contributed by atoms with Gasteiger partial charge in [-0.1, -0.05) is 6.92 Å². The highest BCUT2D eigenvalue weighted by Crippen LogP contribution is 2.24. The molecule has 1 aliphatic carbocycles. The van der Waals surface area contributed by atoms with Gasteiger partial charge < -0.3 is 16.0 Å². The Hall–Kier alpha value is -2.34. The topological polar surface area (TPSA) is 70.2 Å². The third-order valence-corrected chi connectivity index (χ3v) is 5.26. The van der Waals surface area contributed by atoms with Gasteiger partial charge in [0.25, 0.3) is 5.91 Å². The maximum absolute atomic E-state index is 12.3. The summed E-state index contributed by atoms with van der Waals surface area (Å²) in [5, 5.41) is 8.54. The molecule has 24 heavy (non-hydrogen) atoms. The van der Waals surface area contributed by atoms with Gasteiger partial charge in [0.15, 0.2) is 0 Å². The van der Waals surface area contributed by atoms with Crippen molar-refractivity contribution in [2.45, 2.75) is 39.2 Å². The average Bonchev–Trinajstić information content (AvgIpc) is 3.28. The number of carbonyl (C=O) groups excluding carboxylic acids is 2. The minimum Gasteiger partial charge on any atom is -0.335 e. The predicted molar refractivity (Wildman–Crippen MR) is 98.0 cm³/mol. The quantitative estimate of drug-likeness (QED) is 0.763. The molecule has 0 bridgehead atoms. The van der Waals surface area contributed by atoms with E-state index in [2.05, 4.69) is 22.9 Å². The van der Waals surface area contributed by atoms with Crippen LogP contribution in [0.5, 0.6) is 0 Å². The first kappa shape index (κ1) is 16.5. The number of thiophene rings is 1. The molecule has 1 heterocycles. The molecular formula is C18H21N3O2S. The lowest BCUT2D eigenvalue weighted by Crippen LogP contribution is -2.30. The van der Waals surface area contributed by atoms with Gasteiger partial charge in [-0.05, 0) is 62.1 Å². The molecule has 0 saturated heterocycles. The maximum atomic E-state index is 12.3. The van der Waals surface area contributed by atoms with Gasteiger partial charge in [-0.2, -0.15) is 0 Å². The van der Waals surface area contributed by atoms with Crippen molar-refractivity contribution in [2.75, 3.05) is 10.6 Å². The van der Waals surface area contributed by atoms with Crippen LogP contribution in [-0.4, -0.2) is 18.0 Å². The molecule has 0 aliphatic heterocycles. The lowest BCUT2D eigenvalue weighted by atomic mass is 10.2. The maximum Gasteiger partial charge on any atom is 0.319 e. The molecule has 3 amide bonds. The molecule has 0 spiro atoms. The molecule has 1 aromatic heterocycles.